The van der Waals surface area contributed by atoms with E-state index in [-0.39, 0.29) is 11.7 Å². The van der Waals surface area contributed by atoms with Gasteiger partial charge in [0.15, 0.2) is 11.0 Å². The quantitative estimate of drug-likeness (QED) is 0.312. The van der Waals surface area contributed by atoms with Crippen LogP contribution >= 0.6 is 27.7 Å². The van der Waals surface area contributed by atoms with Gasteiger partial charge in [-0.25, -0.2) is 0 Å². The van der Waals surface area contributed by atoms with E-state index in [1.165, 1.54) is 11.8 Å². The maximum Gasteiger partial charge on any atom is 0.234 e. The molecule has 0 atom stereocenters. The molecule has 0 aliphatic carbocycles. The molecule has 3 rings (SSSR count). The molecule has 0 radical (unpaired) electrons. The topological polar surface area (TPSA) is 59.8 Å². The van der Waals surface area contributed by atoms with Crippen molar-refractivity contribution in [3.63, 3.8) is 0 Å². The van der Waals surface area contributed by atoms with E-state index >= 15 is 0 Å². The van der Waals surface area contributed by atoms with Gasteiger partial charge in [0.1, 0.15) is 0 Å². The first kappa shape index (κ1) is 22.3. The Morgan fingerprint density at radius 2 is 1.97 bits per heavy atom. The summed E-state index contributed by atoms with van der Waals surface area (Å²) >= 11 is 4.83. The van der Waals surface area contributed by atoms with E-state index in [1.54, 1.807) is 6.08 Å². The number of thioether (sulfide) groups is 1. The molecule has 1 N–H and O–H groups in total. The molecule has 0 aliphatic heterocycles. The number of carbonyl (C=O) groups excluding carboxylic acids is 1. The van der Waals surface area contributed by atoms with Crippen LogP contribution < -0.4 is 5.32 Å². The lowest BCUT2D eigenvalue weighted by Crippen LogP contribution is -2.17. The largest absolute Gasteiger partial charge is 0.325 e. The van der Waals surface area contributed by atoms with E-state index in [0.29, 0.717) is 17.6 Å². The average molecular weight is 485 g/mol. The van der Waals surface area contributed by atoms with Crippen molar-refractivity contribution in [3.8, 4) is 11.4 Å². The zero-order chi connectivity index (χ0) is 21.7. The number of benzene rings is 2. The first-order valence-electron chi connectivity index (χ1n) is 9.73. The lowest BCUT2D eigenvalue weighted by molar-refractivity contribution is -0.113. The van der Waals surface area contributed by atoms with Crippen LogP contribution in [0.2, 0.25) is 0 Å². The molecule has 0 fully saturated rings. The van der Waals surface area contributed by atoms with Crippen LogP contribution in [-0.2, 0) is 11.3 Å². The summed E-state index contributed by atoms with van der Waals surface area (Å²) in [7, 11) is 0. The highest BCUT2D eigenvalue weighted by Crippen LogP contribution is 2.29. The number of para-hydroxylation sites is 1. The number of allylic oxidation sites excluding steroid dienone is 1. The van der Waals surface area contributed by atoms with Crippen LogP contribution in [-0.4, -0.2) is 26.4 Å². The molecule has 30 heavy (non-hydrogen) atoms. The minimum atomic E-state index is -0.0606. The van der Waals surface area contributed by atoms with E-state index in [1.807, 2.05) is 47.9 Å². The molecule has 2 aromatic carbocycles. The van der Waals surface area contributed by atoms with Crippen LogP contribution in [0.3, 0.4) is 0 Å². The van der Waals surface area contributed by atoms with Gasteiger partial charge in [0.2, 0.25) is 5.91 Å². The summed E-state index contributed by atoms with van der Waals surface area (Å²) in [6, 6.07) is 14.0. The van der Waals surface area contributed by atoms with Crippen molar-refractivity contribution in [2.45, 2.75) is 38.4 Å². The van der Waals surface area contributed by atoms with Crippen LogP contribution in [0.4, 0.5) is 5.69 Å². The van der Waals surface area contributed by atoms with Crippen molar-refractivity contribution >= 4 is 39.3 Å². The summed E-state index contributed by atoms with van der Waals surface area (Å²) in [6.45, 7) is 10.7. The van der Waals surface area contributed by atoms with Gasteiger partial charge in [-0.2, -0.15) is 0 Å². The third-order valence-electron chi connectivity index (χ3n) is 4.65. The van der Waals surface area contributed by atoms with E-state index in [0.717, 1.165) is 32.7 Å². The number of nitrogens with zero attached hydrogens (tertiary/aromatic N) is 3. The molecular weight excluding hydrogens is 460 g/mol. The van der Waals surface area contributed by atoms with E-state index in [4.69, 9.17) is 0 Å². The Hall–Kier alpha value is -2.38. The monoisotopic (exact) mass is 484 g/mol. The second-order valence-corrected chi connectivity index (χ2v) is 9.10. The van der Waals surface area contributed by atoms with Gasteiger partial charge < -0.3 is 5.32 Å². The van der Waals surface area contributed by atoms with Gasteiger partial charge in [-0.3, -0.25) is 9.36 Å². The van der Waals surface area contributed by atoms with Gasteiger partial charge in [-0.05, 0) is 36.1 Å². The minimum Gasteiger partial charge on any atom is -0.325 e. The van der Waals surface area contributed by atoms with Crippen molar-refractivity contribution in [1.82, 2.24) is 14.8 Å². The molecule has 0 spiro atoms. The number of nitrogens with one attached hydrogen (secondary N) is 1. The van der Waals surface area contributed by atoms with Crippen molar-refractivity contribution in [2.75, 3.05) is 11.1 Å². The molecular formula is C23H25BrN4OS. The van der Waals surface area contributed by atoms with Crippen LogP contribution in [0.15, 0.2) is 64.7 Å². The van der Waals surface area contributed by atoms with Gasteiger partial charge in [0, 0.05) is 22.3 Å². The number of hydrogen-bond donors (Lipinski definition) is 1. The van der Waals surface area contributed by atoms with Gasteiger partial charge in [0.05, 0.1) is 5.75 Å². The first-order valence-corrected chi connectivity index (χ1v) is 11.5. The van der Waals surface area contributed by atoms with E-state index in [2.05, 4.69) is 57.9 Å². The first-order chi connectivity index (χ1) is 14.4. The smallest absolute Gasteiger partial charge is 0.234 e. The standard InChI is InChI=1S/C23H25BrN4OS/c1-5-13-28-22(17-9-11-18(24)12-10-17)26-27-23(28)30-14-20(29)25-21-16(4)7-6-8-19(21)15(2)3/h5-12,15H,1,13-14H2,2-4H3,(H,25,29). The van der Waals surface area contributed by atoms with Crippen LogP contribution in [0.1, 0.15) is 30.9 Å². The molecule has 0 unspecified atom stereocenters. The molecule has 5 nitrogen and oxygen atoms in total. The molecule has 0 saturated carbocycles. The predicted octanol–water partition coefficient (Wildman–Crippen LogP) is 6.06. The zero-order valence-corrected chi connectivity index (χ0v) is 19.8. The lowest BCUT2D eigenvalue weighted by atomic mass is 9.98. The summed E-state index contributed by atoms with van der Waals surface area (Å²) in [5, 5.41) is 12.4. The van der Waals surface area contributed by atoms with E-state index in [9.17, 15) is 4.79 Å². The van der Waals surface area contributed by atoms with Gasteiger partial charge in [0.25, 0.3) is 0 Å². The summed E-state index contributed by atoms with van der Waals surface area (Å²) in [5.41, 5.74) is 4.07. The van der Waals surface area contributed by atoms with Crippen molar-refractivity contribution in [3.05, 3.63) is 70.7 Å². The van der Waals surface area contributed by atoms with Gasteiger partial charge in [-0.1, -0.05) is 77.9 Å². The molecule has 156 valence electrons. The molecule has 1 amide bonds. The number of aryl methyl sites for hydroxylation is 1. The third kappa shape index (κ3) is 5.21. The number of carbonyl (C=O) groups is 1. The summed E-state index contributed by atoms with van der Waals surface area (Å²) < 4.78 is 2.98. The summed E-state index contributed by atoms with van der Waals surface area (Å²) in [5.74, 6) is 1.28. The Morgan fingerprint density at radius 3 is 2.63 bits per heavy atom. The SMILES string of the molecule is C=CCn1c(SCC(=O)Nc2c(C)cccc2C(C)C)nnc1-c1ccc(Br)cc1. The van der Waals surface area contributed by atoms with E-state index < -0.39 is 0 Å². The van der Waals surface area contributed by atoms with Crippen LogP contribution in [0.5, 0.6) is 0 Å². The molecule has 7 heteroatoms. The van der Waals surface area contributed by atoms with Crippen LogP contribution in [0.25, 0.3) is 11.4 Å². The van der Waals surface area contributed by atoms with Gasteiger partial charge >= 0.3 is 0 Å². The number of aromatic nitrogens is 3. The fourth-order valence-electron chi connectivity index (χ4n) is 3.15. The number of halogens is 1. The summed E-state index contributed by atoms with van der Waals surface area (Å²) in [4.78, 5) is 12.7. The highest BCUT2D eigenvalue weighted by Gasteiger charge is 2.16. The third-order valence-corrected chi connectivity index (χ3v) is 6.15. The Bertz CT molecular complexity index is 1040. The molecule has 0 aliphatic rings. The fraction of sp³-hybridized carbons (Fsp3) is 0.261. The molecule has 3 aromatic rings. The normalized spacial score (nSPS) is 11.0. The maximum absolute atomic E-state index is 12.7. The Balaban J connectivity index is 1.75. The Morgan fingerprint density at radius 1 is 1.23 bits per heavy atom. The second kappa shape index (κ2) is 10.1. The highest BCUT2D eigenvalue weighted by molar-refractivity contribution is 9.10. The van der Waals surface area contributed by atoms with Crippen molar-refractivity contribution in [2.24, 2.45) is 0 Å². The van der Waals surface area contributed by atoms with Crippen molar-refractivity contribution < 1.29 is 4.79 Å². The Kier molecular flexibility index (Phi) is 7.50. The summed E-state index contributed by atoms with van der Waals surface area (Å²) in [6.07, 6.45) is 1.80. The average Bonchev–Trinajstić information content (AvgIpc) is 3.11. The Labute approximate surface area is 190 Å². The predicted molar refractivity (Wildman–Crippen MR) is 128 cm³/mol. The lowest BCUT2D eigenvalue weighted by Gasteiger charge is -2.16. The molecule has 1 aromatic heterocycles. The second-order valence-electron chi connectivity index (χ2n) is 7.24. The van der Waals surface area contributed by atoms with Crippen LogP contribution in [0, 0.1) is 6.92 Å². The van der Waals surface area contributed by atoms with Gasteiger partial charge in [-0.15, -0.1) is 16.8 Å². The molecule has 1 heterocycles. The number of anilines is 1. The number of amides is 1. The maximum atomic E-state index is 12.7. The zero-order valence-electron chi connectivity index (χ0n) is 17.4. The highest BCUT2D eigenvalue weighted by atomic mass is 79.9. The van der Waals surface area contributed by atoms with Crippen molar-refractivity contribution in [1.29, 1.82) is 0 Å². The minimum absolute atomic E-state index is 0.0606. The number of hydrogen-bond acceptors (Lipinski definition) is 4. The number of rotatable bonds is 8. The molecule has 0 saturated heterocycles. The fourth-order valence-corrected chi connectivity index (χ4v) is 4.16. The molecule has 0 bridgehead atoms.